The third kappa shape index (κ3) is 2.84. The Balaban J connectivity index is 2.03. The summed E-state index contributed by atoms with van der Waals surface area (Å²) in [7, 11) is 3.91. The number of nitrogens with one attached hydrogen (secondary N) is 2. The molecule has 1 aliphatic heterocycles. The molecule has 1 aromatic carbocycles. The molecule has 7 heteroatoms. The molecular weight excluding hydrogens is 290 g/mol. The van der Waals surface area contributed by atoms with Crippen LogP contribution in [0.25, 0.3) is 11.3 Å². The van der Waals surface area contributed by atoms with Gasteiger partial charge in [0.05, 0.1) is 11.4 Å². The number of amides is 1. The highest BCUT2D eigenvalue weighted by atomic mass is 32.1. The van der Waals surface area contributed by atoms with Crippen molar-refractivity contribution in [3.63, 3.8) is 0 Å². The van der Waals surface area contributed by atoms with Crippen LogP contribution in [0, 0.1) is 0 Å². The van der Waals surface area contributed by atoms with E-state index in [1.165, 1.54) is 11.3 Å². The summed E-state index contributed by atoms with van der Waals surface area (Å²) in [6.07, 6.45) is 0. The van der Waals surface area contributed by atoms with Crippen LogP contribution in [0.15, 0.2) is 23.0 Å². The molecule has 0 saturated heterocycles. The molecule has 0 saturated carbocycles. The maximum absolute atomic E-state index is 11.7. The normalized spacial score (nSPS) is 13.8. The first kappa shape index (κ1) is 13.8. The minimum Gasteiger partial charge on any atom is -0.482 e. The van der Waals surface area contributed by atoms with E-state index in [4.69, 9.17) is 4.74 Å². The number of anilines is 1. The second kappa shape index (κ2) is 5.34. The van der Waals surface area contributed by atoms with Crippen molar-refractivity contribution in [3.05, 3.63) is 32.7 Å². The van der Waals surface area contributed by atoms with Gasteiger partial charge in [-0.1, -0.05) is 11.3 Å². The number of aromatic nitrogens is 1. The lowest BCUT2D eigenvalue weighted by molar-refractivity contribution is -0.118. The van der Waals surface area contributed by atoms with E-state index in [-0.39, 0.29) is 17.4 Å². The van der Waals surface area contributed by atoms with Gasteiger partial charge < -0.3 is 19.9 Å². The number of carbonyl (C=O) groups excluding carboxylic acids is 1. The van der Waals surface area contributed by atoms with E-state index in [1.54, 1.807) is 6.07 Å². The zero-order valence-electron chi connectivity index (χ0n) is 11.7. The van der Waals surface area contributed by atoms with Gasteiger partial charge in [-0.15, -0.1) is 0 Å². The van der Waals surface area contributed by atoms with Gasteiger partial charge in [-0.05, 0) is 32.3 Å². The Morgan fingerprint density at radius 3 is 2.90 bits per heavy atom. The van der Waals surface area contributed by atoms with Gasteiger partial charge in [0.15, 0.2) is 6.61 Å². The molecule has 1 aromatic heterocycles. The van der Waals surface area contributed by atoms with Crippen LogP contribution in [0.3, 0.4) is 0 Å². The summed E-state index contributed by atoms with van der Waals surface area (Å²) in [6, 6.07) is 5.51. The Morgan fingerprint density at radius 1 is 1.33 bits per heavy atom. The van der Waals surface area contributed by atoms with Gasteiger partial charge in [-0.3, -0.25) is 9.59 Å². The van der Waals surface area contributed by atoms with Crippen molar-refractivity contribution in [1.29, 1.82) is 0 Å². The number of hydrogen-bond donors (Lipinski definition) is 2. The number of benzene rings is 1. The molecule has 2 heterocycles. The Kier molecular flexibility index (Phi) is 3.52. The Labute approximate surface area is 125 Å². The molecule has 21 heavy (non-hydrogen) atoms. The lowest BCUT2D eigenvalue weighted by Crippen LogP contribution is -2.25. The summed E-state index contributed by atoms with van der Waals surface area (Å²) < 4.78 is 5.34. The van der Waals surface area contributed by atoms with Crippen LogP contribution in [0.5, 0.6) is 5.75 Å². The first-order valence-corrected chi connectivity index (χ1v) is 7.28. The fourth-order valence-corrected chi connectivity index (χ4v) is 3.20. The summed E-state index contributed by atoms with van der Waals surface area (Å²) in [5, 5.41) is 2.77. The minimum atomic E-state index is -0.174. The van der Waals surface area contributed by atoms with E-state index in [9.17, 15) is 9.59 Å². The molecule has 0 aliphatic carbocycles. The highest BCUT2D eigenvalue weighted by Crippen LogP contribution is 2.33. The second-order valence-electron chi connectivity index (χ2n) is 5.10. The molecule has 2 aromatic rings. The number of carbonyl (C=O) groups is 1. The molecule has 0 atom stereocenters. The van der Waals surface area contributed by atoms with E-state index < -0.39 is 0 Å². The molecule has 110 valence electrons. The SMILES string of the molecule is CN(C)Cc1sc(=O)[nH]c1-c1ccc2c(c1)NC(=O)CO2. The maximum atomic E-state index is 11.7. The van der Waals surface area contributed by atoms with E-state index in [2.05, 4.69) is 10.3 Å². The van der Waals surface area contributed by atoms with Gasteiger partial charge in [-0.25, -0.2) is 0 Å². The number of fused-ring (bicyclic) bond motifs is 1. The van der Waals surface area contributed by atoms with Crippen molar-refractivity contribution < 1.29 is 9.53 Å². The largest absolute Gasteiger partial charge is 0.482 e. The molecule has 1 amide bonds. The van der Waals surface area contributed by atoms with E-state index in [1.807, 2.05) is 31.1 Å². The van der Waals surface area contributed by atoms with Crippen molar-refractivity contribution in [2.45, 2.75) is 6.54 Å². The number of rotatable bonds is 3. The summed E-state index contributed by atoms with van der Waals surface area (Å²) in [5.74, 6) is 0.470. The average Bonchev–Trinajstić information content (AvgIpc) is 2.77. The Morgan fingerprint density at radius 2 is 2.14 bits per heavy atom. The van der Waals surface area contributed by atoms with Crippen LogP contribution in [-0.4, -0.2) is 36.5 Å². The van der Waals surface area contributed by atoms with Crippen molar-refractivity contribution in [1.82, 2.24) is 9.88 Å². The molecule has 0 radical (unpaired) electrons. The highest BCUT2D eigenvalue weighted by Gasteiger charge is 2.18. The minimum absolute atomic E-state index is 0.0352. The van der Waals surface area contributed by atoms with Gasteiger partial charge in [-0.2, -0.15) is 0 Å². The number of H-pyrrole nitrogens is 1. The van der Waals surface area contributed by atoms with Gasteiger partial charge in [0, 0.05) is 17.0 Å². The van der Waals surface area contributed by atoms with Crippen LogP contribution in [0.2, 0.25) is 0 Å². The third-order valence-corrected chi connectivity index (χ3v) is 3.95. The predicted octanol–water partition coefficient (Wildman–Crippen LogP) is 1.50. The van der Waals surface area contributed by atoms with Crippen LogP contribution >= 0.6 is 11.3 Å². The number of hydrogen-bond acceptors (Lipinski definition) is 5. The van der Waals surface area contributed by atoms with Crippen molar-refractivity contribution in [2.24, 2.45) is 0 Å². The lowest BCUT2D eigenvalue weighted by Gasteiger charge is -2.18. The van der Waals surface area contributed by atoms with Crippen molar-refractivity contribution >= 4 is 22.9 Å². The van der Waals surface area contributed by atoms with E-state index >= 15 is 0 Å². The summed E-state index contributed by atoms with van der Waals surface area (Å²) in [4.78, 5) is 28.8. The van der Waals surface area contributed by atoms with Crippen molar-refractivity contribution in [2.75, 3.05) is 26.0 Å². The number of thiazole rings is 1. The summed E-state index contributed by atoms with van der Waals surface area (Å²) >= 11 is 1.20. The van der Waals surface area contributed by atoms with Gasteiger partial charge >= 0.3 is 4.87 Å². The third-order valence-electron chi connectivity index (χ3n) is 3.08. The Hall–Kier alpha value is -2.12. The van der Waals surface area contributed by atoms with Crippen LogP contribution < -0.4 is 14.9 Å². The molecule has 2 N–H and O–H groups in total. The number of nitrogens with zero attached hydrogens (tertiary/aromatic N) is 1. The smallest absolute Gasteiger partial charge is 0.305 e. The molecule has 0 fully saturated rings. The van der Waals surface area contributed by atoms with Gasteiger partial charge in [0.25, 0.3) is 5.91 Å². The molecule has 1 aliphatic rings. The number of aromatic amines is 1. The highest BCUT2D eigenvalue weighted by molar-refractivity contribution is 7.09. The van der Waals surface area contributed by atoms with E-state index in [0.717, 1.165) is 16.1 Å². The molecular formula is C14H15N3O3S. The predicted molar refractivity (Wildman–Crippen MR) is 81.9 cm³/mol. The maximum Gasteiger partial charge on any atom is 0.305 e. The monoisotopic (exact) mass is 305 g/mol. The zero-order valence-corrected chi connectivity index (χ0v) is 12.5. The fraction of sp³-hybridized carbons (Fsp3) is 0.286. The molecule has 0 unspecified atom stereocenters. The topological polar surface area (TPSA) is 74.4 Å². The van der Waals surface area contributed by atoms with Crippen LogP contribution in [0.4, 0.5) is 5.69 Å². The van der Waals surface area contributed by atoms with Gasteiger partial charge in [0.2, 0.25) is 0 Å². The lowest BCUT2D eigenvalue weighted by atomic mass is 10.1. The number of ether oxygens (including phenoxy) is 1. The summed E-state index contributed by atoms with van der Waals surface area (Å²) in [5.41, 5.74) is 2.28. The molecule has 0 bridgehead atoms. The van der Waals surface area contributed by atoms with Crippen LogP contribution in [-0.2, 0) is 11.3 Å². The fourth-order valence-electron chi connectivity index (χ4n) is 2.23. The quantitative estimate of drug-likeness (QED) is 0.901. The first-order chi connectivity index (χ1) is 10.0. The zero-order chi connectivity index (χ0) is 15.0. The summed E-state index contributed by atoms with van der Waals surface area (Å²) in [6.45, 7) is 0.714. The second-order valence-corrected chi connectivity index (χ2v) is 6.17. The standard InChI is InChI=1S/C14H15N3O3S/c1-17(2)6-11-13(16-14(19)21-11)8-3-4-10-9(5-8)15-12(18)7-20-10/h3-5H,6-7H2,1-2H3,(H,15,18)(H,16,19). The molecule has 6 nitrogen and oxygen atoms in total. The van der Waals surface area contributed by atoms with E-state index in [0.29, 0.717) is 18.0 Å². The Bertz CT molecular complexity index is 748. The van der Waals surface area contributed by atoms with Gasteiger partial charge in [0.1, 0.15) is 5.75 Å². The van der Waals surface area contributed by atoms with Crippen molar-refractivity contribution in [3.8, 4) is 17.0 Å². The first-order valence-electron chi connectivity index (χ1n) is 6.47. The average molecular weight is 305 g/mol. The van der Waals surface area contributed by atoms with Crippen LogP contribution in [0.1, 0.15) is 4.88 Å². The molecule has 0 spiro atoms. The molecule has 3 rings (SSSR count).